The van der Waals surface area contributed by atoms with Gasteiger partial charge in [0, 0.05) is 4.47 Å². The van der Waals surface area contributed by atoms with E-state index >= 15 is 0 Å². The topological polar surface area (TPSA) is 66.5 Å². The van der Waals surface area contributed by atoms with Crippen LogP contribution >= 0.6 is 15.9 Å². The number of rotatable bonds is 6. The van der Waals surface area contributed by atoms with E-state index in [-0.39, 0.29) is 10.6 Å². The van der Waals surface area contributed by atoms with Crippen molar-refractivity contribution in [2.45, 2.75) is 4.90 Å². The lowest BCUT2D eigenvalue weighted by Gasteiger charge is -2.24. The van der Waals surface area contributed by atoms with Crippen LogP contribution in [0.25, 0.3) is 0 Å². The Balaban J connectivity index is 1.91. The second-order valence-electron chi connectivity index (χ2n) is 5.83. The van der Waals surface area contributed by atoms with Gasteiger partial charge in [-0.25, -0.2) is 12.8 Å². The molecule has 144 valence electrons. The Hall–Kier alpha value is -2.71. The molecule has 28 heavy (non-hydrogen) atoms. The van der Waals surface area contributed by atoms with Crippen LogP contribution in [0.1, 0.15) is 0 Å². The number of nitrogens with one attached hydrogen (secondary N) is 1. The van der Waals surface area contributed by atoms with Crippen molar-refractivity contribution in [2.24, 2.45) is 0 Å². The molecule has 1 N–H and O–H groups in total. The number of para-hydroxylation sites is 1. The van der Waals surface area contributed by atoms with Crippen LogP contribution in [0.2, 0.25) is 0 Å². The van der Waals surface area contributed by atoms with Gasteiger partial charge in [0.15, 0.2) is 0 Å². The van der Waals surface area contributed by atoms with Gasteiger partial charge in [-0.2, -0.15) is 0 Å². The highest BCUT2D eigenvalue weighted by Crippen LogP contribution is 2.24. The predicted molar refractivity (Wildman–Crippen MR) is 110 cm³/mol. The maximum absolute atomic E-state index is 14.0. The first kappa shape index (κ1) is 20.0. The van der Waals surface area contributed by atoms with Crippen LogP contribution in [-0.4, -0.2) is 20.9 Å². The van der Waals surface area contributed by atoms with Crippen molar-refractivity contribution in [1.82, 2.24) is 0 Å². The quantitative estimate of drug-likeness (QED) is 0.589. The van der Waals surface area contributed by atoms with Gasteiger partial charge >= 0.3 is 0 Å². The van der Waals surface area contributed by atoms with E-state index in [1.165, 1.54) is 24.3 Å². The molecule has 0 bridgehead atoms. The van der Waals surface area contributed by atoms with Crippen molar-refractivity contribution < 1.29 is 17.6 Å². The second-order valence-corrected chi connectivity index (χ2v) is 8.61. The number of carbonyl (C=O) groups is 1. The SMILES string of the molecule is O=C(CN(c1ccccc1)S(=O)(=O)c1ccccc1)Nc1ccc(Br)cc1F. The van der Waals surface area contributed by atoms with Gasteiger partial charge in [-0.3, -0.25) is 9.10 Å². The smallest absolute Gasteiger partial charge is 0.264 e. The van der Waals surface area contributed by atoms with E-state index in [2.05, 4.69) is 21.2 Å². The number of amides is 1. The standard InChI is InChI=1S/C20H16BrFN2O3S/c21-15-11-12-19(18(22)13-15)23-20(25)14-24(16-7-3-1-4-8-16)28(26,27)17-9-5-2-6-10-17/h1-13H,14H2,(H,23,25). The average molecular weight is 463 g/mol. The van der Waals surface area contributed by atoms with Crippen molar-refractivity contribution in [2.75, 3.05) is 16.2 Å². The number of hydrogen-bond acceptors (Lipinski definition) is 3. The molecule has 0 aromatic heterocycles. The lowest BCUT2D eigenvalue weighted by Crippen LogP contribution is -2.38. The molecule has 0 heterocycles. The van der Waals surface area contributed by atoms with E-state index in [9.17, 15) is 17.6 Å². The molecule has 3 aromatic rings. The highest BCUT2D eigenvalue weighted by atomic mass is 79.9. The van der Waals surface area contributed by atoms with Gasteiger partial charge in [0.1, 0.15) is 12.4 Å². The third kappa shape index (κ3) is 4.58. The molecule has 3 rings (SSSR count). The molecule has 1 amide bonds. The molecule has 0 unspecified atom stereocenters. The normalized spacial score (nSPS) is 11.1. The van der Waals surface area contributed by atoms with Gasteiger partial charge in [0.2, 0.25) is 5.91 Å². The fourth-order valence-corrected chi connectivity index (χ4v) is 4.32. The van der Waals surface area contributed by atoms with Gasteiger partial charge in [-0.05, 0) is 42.5 Å². The van der Waals surface area contributed by atoms with Crippen LogP contribution < -0.4 is 9.62 Å². The summed E-state index contributed by atoms with van der Waals surface area (Å²) in [6.45, 7) is -0.503. The number of nitrogens with zero attached hydrogens (tertiary/aromatic N) is 1. The van der Waals surface area contributed by atoms with Crippen LogP contribution in [-0.2, 0) is 14.8 Å². The Bertz CT molecular complexity index is 1080. The van der Waals surface area contributed by atoms with E-state index in [4.69, 9.17) is 0 Å². The van der Waals surface area contributed by atoms with Gasteiger partial charge in [-0.15, -0.1) is 0 Å². The summed E-state index contributed by atoms with van der Waals surface area (Å²) < 4.78 is 41.7. The largest absolute Gasteiger partial charge is 0.322 e. The number of hydrogen-bond donors (Lipinski definition) is 1. The minimum atomic E-state index is -3.99. The van der Waals surface area contributed by atoms with E-state index in [0.717, 1.165) is 4.31 Å². The van der Waals surface area contributed by atoms with E-state index in [1.807, 2.05) is 0 Å². The third-order valence-corrected chi connectivity index (χ3v) is 6.15. The zero-order chi connectivity index (χ0) is 20.1. The Morgan fingerprint density at radius 3 is 2.18 bits per heavy atom. The molecular formula is C20H16BrFN2O3S. The van der Waals surface area contributed by atoms with Crippen molar-refractivity contribution in [3.05, 3.63) is 89.2 Å². The fraction of sp³-hybridized carbons (Fsp3) is 0.0500. The third-order valence-electron chi connectivity index (χ3n) is 3.87. The van der Waals surface area contributed by atoms with Crippen LogP contribution in [0.3, 0.4) is 0 Å². The highest BCUT2D eigenvalue weighted by molar-refractivity contribution is 9.10. The lowest BCUT2D eigenvalue weighted by molar-refractivity contribution is -0.114. The Morgan fingerprint density at radius 1 is 0.964 bits per heavy atom. The van der Waals surface area contributed by atoms with E-state index < -0.39 is 28.3 Å². The molecule has 0 fully saturated rings. The summed E-state index contributed by atoms with van der Waals surface area (Å²) in [4.78, 5) is 12.6. The summed E-state index contributed by atoms with van der Waals surface area (Å²) in [5.41, 5.74) is 0.302. The maximum atomic E-state index is 14.0. The predicted octanol–water partition coefficient (Wildman–Crippen LogP) is 4.42. The number of benzene rings is 3. The van der Waals surface area contributed by atoms with Crippen molar-refractivity contribution in [1.29, 1.82) is 0 Å². The molecule has 0 radical (unpaired) electrons. The molecule has 8 heteroatoms. The van der Waals surface area contributed by atoms with Crippen molar-refractivity contribution in [3.8, 4) is 0 Å². The molecule has 0 aliphatic rings. The van der Waals surface area contributed by atoms with Crippen molar-refractivity contribution >= 4 is 43.2 Å². The van der Waals surface area contributed by atoms with Gasteiger partial charge in [-0.1, -0.05) is 52.3 Å². The van der Waals surface area contributed by atoms with Gasteiger partial charge in [0.25, 0.3) is 10.0 Å². The number of sulfonamides is 1. The molecule has 5 nitrogen and oxygen atoms in total. The second kappa shape index (κ2) is 8.53. The average Bonchev–Trinajstić information content (AvgIpc) is 2.69. The molecule has 0 atom stereocenters. The monoisotopic (exact) mass is 462 g/mol. The summed E-state index contributed by atoms with van der Waals surface area (Å²) in [6, 6.07) is 20.3. The zero-order valence-corrected chi connectivity index (χ0v) is 17.0. The number of anilines is 2. The first-order valence-electron chi connectivity index (χ1n) is 8.25. The van der Waals surface area contributed by atoms with Gasteiger partial charge in [0.05, 0.1) is 16.3 Å². The number of carbonyl (C=O) groups excluding carboxylic acids is 1. The molecule has 0 spiro atoms. The zero-order valence-electron chi connectivity index (χ0n) is 14.5. The molecule has 0 aliphatic carbocycles. The Labute approximate surface area is 171 Å². The first-order valence-corrected chi connectivity index (χ1v) is 10.5. The van der Waals surface area contributed by atoms with Crippen molar-refractivity contribution in [3.63, 3.8) is 0 Å². The molecule has 0 aliphatic heterocycles. The summed E-state index contributed by atoms with van der Waals surface area (Å²) in [5, 5.41) is 2.42. The first-order chi connectivity index (χ1) is 13.4. The Morgan fingerprint density at radius 2 is 1.57 bits per heavy atom. The molecule has 3 aromatic carbocycles. The van der Waals surface area contributed by atoms with Crippen LogP contribution in [0.4, 0.5) is 15.8 Å². The minimum Gasteiger partial charge on any atom is -0.322 e. The fourth-order valence-electron chi connectivity index (χ4n) is 2.54. The number of halogens is 2. The van der Waals surface area contributed by atoms with Gasteiger partial charge < -0.3 is 5.32 Å². The van der Waals surface area contributed by atoms with Crippen LogP contribution in [0.5, 0.6) is 0 Å². The lowest BCUT2D eigenvalue weighted by atomic mass is 10.3. The van der Waals surface area contributed by atoms with Crippen LogP contribution in [0.15, 0.2) is 88.2 Å². The molecular weight excluding hydrogens is 447 g/mol. The van der Waals surface area contributed by atoms with E-state index in [1.54, 1.807) is 54.6 Å². The van der Waals surface area contributed by atoms with E-state index in [0.29, 0.717) is 10.2 Å². The summed E-state index contributed by atoms with van der Waals surface area (Å²) >= 11 is 3.15. The summed E-state index contributed by atoms with van der Waals surface area (Å²) in [5.74, 6) is -1.29. The summed E-state index contributed by atoms with van der Waals surface area (Å²) in [6.07, 6.45) is 0. The van der Waals surface area contributed by atoms with Crippen LogP contribution in [0, 0.1) is 5.82 Å². The molecule has 0 saturated heterocycles. The minimum absolute atomic E-state index is 0.0293. The maximum Gasteiger partial charge on any atom is 0.264 e. The summed E-state index contributed by atoms with van der Waals surface area (Å²) in [7, 11) is -3.99. The highest BCUT2D eigenvalue weighted by Gasteiger charge is 2.27. The molecule has 0 saturated carbocycles. The Kier molecular flexibility index (Phi) is 6.11.